The van der Waals surface area contributed by atoms with E-state index in [0.29, 0.717) is 0 Å². The molecule has 4 aromatic carbocycles. The lowest BCUT2D eigenvalue weighted by atomic mass is 10.2. The minimum absolute atomic E-state index is 0.801. The minimum Gasteiger partial charge on any atom is -0.506 e. The molecule has 2 nitrogen and oxygen atoms in total. The fourth-order valence-corrected chi connectivity index (χ4v) is 6.39. The van der Waals surface area contributed by atoms with Gasteiger partial charge in [-0.25, -0.2) is 0 Å². The summed E-state index contributed by atoms with van der Waals surface area (Å²) >= 11 is 0. The summed E-state index contributed by atoms with van der Waals surface area (Å²) in [5.74, 6) is 1.60. The second-order valence-electron chi connectivity index (χ2n) is 6.68. The molecule has 0 aliphatic heterocycles. The van der Waals surface area contributed by atoms with Crippen molar-refractivity contribution in [2.24, 2.45) is 0 Å². The van der Waals surface area contributed by atoms with Crippen LogP contribution in [0.2, 0.25) is 0 Å². The summed E-state index contributed by atoms with van der Waals surface area (Å²) in [5, 5.41) is 2.14. The fourth-order valence-electron chi connectivity index (χ4n) is 3.24. The maximum atomic E-state index is 6.75. The monoisotopic (exact) mass is 382 g/mol. The lowest BCUT2D eigenvalue weighted by Crippen LogP contribution is -2.68. The Bertz CT molecular complexity index is 976. The molecule has 0 saturated heterocycles. The summed E-state index contributed by atoms with van der Waals surface area (Å²) in [7, 11) is -3.06. The quantitative estimate of drug-likeness (QED) is 0.450. The van der Waals surface area contributed by atoms with Gasteiger partial charge in [0.25, 0.3) is 0 Å². The fraction of sp³-hybridized carbons (Fsp3) is 0.0400. The van der Waals surface area contributed by atoms with Crippen molar-refractivity contribution in [3.63, 3.8) is 0 Å². The summed E-state index contributed by atoms with van der Waals surface area (Å²) in [6, 6.07) is 38.6. The Balaban J connectivity index is 1.92. The Labute approximate surface area is 167 Å². The van der Waals surface area contributed by atoms with Crippen LogP contribution < -0.4 is 19.2 Å². The molecular weight excluding hydrogens is 360 g/mol. The van der Waals surface area contributed by atoms with Gasteiger partial charge in [0.2, 0.25) is 0 Å². The molecule has 4 rings (SSSR count). The van der Waals surface area contributed by atoms with Crippen LogP contribution in [0.5, 0.6) is 11.5 Å². The van der Waals surface area contributed by atoms with Gasteiger partial charge in [0.05, 0.1) is 0 Å². The highest BCUT2D eigenvalue weighted by Gasteiger charge is 2.47. The zero-order valence-electron chi connectivity index (χ0n) is 15.8. The Hall–Kier alpha value is -3.30. The minimum atomic E-state index is -3.06. The van der Waals surface area contributed by atoms with Crippen LogP contribution in [0, 0.1) is 6.92 Å². The maximum absolute atomic E-state index is 6.75. The summed E-state index contributed by atoms with van der Waals surface area (Å²) in [6.07, 6.45) is 0. The van der Waals surface area contributed by atoms with E-state index in [-0.39, 0.29) is 0 Å². The normalized spacial score (nSPS) is 11.0. The van der Waals surface area contributed by atoms with Crippen LogP contribution in [0.25, 0.3) is 0 Å². The van der Waals surface area contributed by atoms with Gasteiger partial charge in [-0.2, -0.15) is 0 Å². The maximum Gasteiger partial charge on any atom is 0.531 e. The Morgan fingerprint density at radius 1 is 0.500 bits per heavy atom. The van der Waals surface area contributed by atoms with E-state index in [1.165, 1.54) is 5.56 Å². The molecule has 0 spiro atoms. The van der Waals surface area contributed by atoms with E-state index in [9.17, 15) is 0 Å². The molecule has 0 amide bonds. The lowest BCUT2D eigenvalue weighted by Gasteiger charge is -2.32. The molecule has 0 aromatic heterocycles. The van der Waals surface area contributed by atoms with E-state index < -0.39 is 8.56 Å². The summed E-state index contributed by atoms with van der Waals surface area (Å²) in [5.41, 5.74) is 1.18. The third-order valence-corrected chi connectivity index (χ3v) is 7.77. The highest BCUT2D eigenvalue weighted by molar-refractivity contribution is 6.93. The number of aryl methyl sites for hydroxylation is 1. The number of para-hydroxylation sites is 2. The van der Waals surface area contributed by atoms with E-state index >= 15 is 0 Å². The van der Waals surface area contributed by atoms with E-state index in [0.717, 1.165) is 21.9 Å². The molecule has 0 unspecified atom stereocenters. The van der Waals surface area contributed by atoms with Crippen molar-refractivity contribution >= 4 is 18.9 Å². The van der Waals surface area contributed by atoms with Gasteiger partial charge < -0.3 is 8.85 Å². The van der Waals surface area contributed by atoms with Gasteiger partial charge in [-0.15, -0.1) is 0 Å². The molecule has 0 aliphatic carbocycles. The molecule has 0 radical (unpaired) electrons. The van der Waals surface area contributed by atoms with E-state index in [2.05, 4.69) is 43.3 Å². The van der Waals surface area contributed by atoms with Crippen molar-refractivity contribution in [3.05, 3.63) is 121 Å². The molecule has 138 valence electrons. The molecule has 28 heavy (non-hydrogen) atoms. The predicted octanol–water partition coefficient (Wildman–Crippen LogP) is 4.71. The molecule has 0 aliphatic rings. The van der Waals surface area contributed by atoms with E-state index in [1.807, 2.05) is 78.9 Å². The topological polar surface area (TPSA) is 18.5 Å². The smallest absolute Gasteiger partial charge is 0.506 e. The van der Waals surface area contributed by atoms with E-state index in [4.69, 9.17) is 8.85 Å². The van der Waals surface area contributed by atoms with Crippen molar-refractivity contribution in [2.75, 3.05) is 0 Å². The molecule has 0 atom stereocenters. The molecule has 3 heteroatoms. The Kier molecular flexibility index (Phi) is 5.26. The summed E-state index contributed by atoms with van der Waals surface area (Å²) in [6.45, 7) is 2.10. The van der Waals surface area contributed by atoms with Crippen molar-refractivity contribution in [2.45, 2.75) is 6.92 Å². The molecule has 0 N–H and O–H groups in total. The first-order chi connectivity index (χ1) is 13.8. The van der Waals surface area contributed by atoms with Gasteiger partial charge in [0, 0.05) is 10.4 Å². The standard InChI is InChI=1S/C25H22O2Si/c1-21-12-11-19-25(20-21)28(24-17-9-4-10-18-24,26-22-13-5-2-6-14-22)27-23-15-7-3-8-16-23/h2-20H,1H3. The molecular formula is C25H22O2Si. The molecule has 0 saturated carbocycles. The van der Waals surface area contributed by atoms with Crippen LogP contribution in [0.4, 0.5) is 0 Å². The van der Waals surface area contributed by atoms with Gasteiger partial charge in [-0.05, 0) is 31.2 Å². The van der Waals surface area contributed by atoms with Gasteiger partial charge in [0.15, 0.2) is 0 Å². The molecule has 0 bridgehead atoms. The lowest BCUT2D eigenvalue weighted by molar-refractivity contribution is 0.417. The zero-order valence-corrected chi connectivity index (χ0v) is 16.8. The first-order valence-electron chi connectivity index (χ1n) is 9.37. The van der Waals surface area contributed by atoms with Crippen LogP contribution in [-0.2, 0) is 0 Å². The van der Waals surface area contributed by atoms with Crippen molar-refractivity contribution < 1.29 is 8.85 Å². The average molecular weight is 383 g/mol. The van der Waals surface area contributed by atoms with Crippen molar-refractivity contribution in [3.8, 4) is 11.5 Å². The SMILES string of the molecule is Cc1cccc([Si](Oc2ccccc2)(Oc2ccccc2)c2ccccc2)c1. The number of benzene rings is 4. The predicted molar refractivity (Wildman–Crippen MR) is 117 cm³/mol. The first kappa shape index (κ1) is 18.1. The zero-order chi connectivity index (χ0) is 19.2. The van der Waals surface area contributed by atoms with E-state index in [1.54, 1.807) is 0 Å². The van der Waals surface area contributed by atoms with Gasteiger partial charge in [-0.1, -0.05) is 96.6 Å². The molecule has 0 heterocycles. The van der Waals surface area contributed by atoms with Gasteiger partial charge >= 0.3 is 8.56 Å². The van der Waals surface area contributed by atoms with Crippen molar-refractivity contribution in [1.82, 2.24) is 0 Å². The number of hydrogen-bond acceptors (Lipinski definition) is 2. The highest BCUT2D eigenvalue weighted by atomic mass is 28.4. The van der Waals surface area contributed by atoms with Crippen LogP contribution in [0.15, 0.2) is 115 Å². The van der Waals surface area contributed by atoms with Crippen molar-refractivity contribution in [1.29, 1.82) is 0 Å². The van der Waals surface area contributed by atoms with Crippen LogP contribution in [-0.4, -0.2) is 8.56 Å². The van der Waals surface area contributed by atoms with Crippen LogP contribution in [0.3, 0.4) is 0 Å². The van der Waals surface area contributed by atoms with Gasteiger partial charge in [-0.3, -0.25) is 0 Å². The largest absolute Gasteiger partial charge is 0.531 e. The Morgan fingerprint density at radius 2 is 0.964 bits per heavy atom. The second kappa shape index (κ2) is 8.15. The Morgan fingerprint density at radius 3 is 1.46 bits per heavy atom. The summed E-state index contributed by atoms with van der Waals surface area (Å²) < 4.78 is 13.5. The second-order valence-corrected chi connectivity index (χ2v) is 9.48. The number of rotatable bonds is 6. The molecule has 4 aromatic rings. The van der Waals surface area contributed by atoms with Crippen LogP contribution in [0.1, 0.15) is 5.56 Å². The third-order valence-electron chi connectivity index (χ3n) is 4.56. The van der Waals surface area contributed by atoms with Gasteiger partial charge in [0.1, 0.15) is 11.5 Å². The summed E-state index contributed by atoms with van der Waals surface area (Å²) in [4.78, 5) is 0. The first-order valence-corrected chi connectivity index (χ1v) is 11.2. The third kappa shape index (κ3) is 3.85. The molecule has 0 fully saturated rings. The average Bonchev–Trinajstić information content (AvgIpc) is 2.75. The number of hydrogen-bond donors (Lipinski definition) is 0. The highest BCUT2D eigenvalue weighted by Crippen LogP contribution is 2.21. The van der Waals surface area contributed by atoms with Crippen LogP contribution >= 0.6 is 0 Å².